The lowest BCUT2D eigenvalue weighted by atomic mass is 9.94. The number of ether oxygens (including phenoxy) is 1. The van der Waals surface area contributed by atoms with Crippen LogP contribution in [0.4, 0.5) is 0 Å². The zero-order valence-corrected chi connectivity index (χ0v) is 11.9. The predicted molar refractivity (Wildman–Crippen MR) is 79.2 cm³/mol. The van der Waals surface area contributed by atoms with Gasteiger partial charge in [0.25, 0.3) is 0 Å². The van der Waals surface area contributed by atoms with Gasteiger partial charge in [0.1, 0.15) is 0 Å². The molecule has 0 saturated carbocycles. The number of rotatable bonds is 6. The first-order valence-corrected chi connectivity index (χ1v) is 6.76. The van der Waals surface area contributed by atoms with Crippen LogP contribution in [0.2, 0.25) is 0 Å². The van der Waals surface area contributed by atoms with Gasteiger partial charge in [-0.1, -0.05) is 31.2 Å². The SMILES string of the molecule is CNC(CC(C)COC)c1cccc2cccnc12. The van der Waals surface area contributed by atoms with Crippen molar-refractivity contribution in [3.05, 3.63) is 42.1 Å². The monoisotopic (exact) mass is 258 g/mol. The van der Waals surface area contributed by atoms with E-state index in [0.717, 1.165) is 18.5 Å². The second-order valence-electron chi connectivity index (χ2n) is 5.06. The Balaban J connectivity index is 2.30. The minimum absolute atomic E-state index is 0.309. The van der Waals surface area contributed by atoms with E-state index in [9.17, 15) is 0 Å². The van der Waals surface area contributed by atoms with Crippen molar-refractivity contribution in [1.82, 2.24) is 10.3 Å². The molecular formula is C16H22N2O. The number of fused-ring (bicyclic) bond motifs is 1. The molecule has 2 unspecified atom stereocenters. The fraction of sp³-hybridized carbons (Fsp3) is 0.438. The van der Waals surface area contributed by atoms with Gasteiger partial charge in [-0.3, -0.25) is 4.98 Å². The molecule has 0 radical (unpaired) electrons. The fourth-order valence-corrected chi connectivity index (χ4v) is 2.56. The lowest BCUT2D eigenvalue weighted by Crippen LogP contribution is -2.21. The molecule has 0 aliphatic rings. The van der Waals surface area contributed by atoms with Crippen molar-refractivity contribution in [3.63, 3.8) is 0 Å². The molecule has 102 valence electrons. The number of pyridine rings is 1. The Morgan fingerprint density at radius 1 is 1.26 bits per heavy atom. The Morgan fingerprint density at radius 2 is 2.05 bits per heavy atom. The summed E-state index contributed by atoms with van der Waals surface area (Å²) in [6.07, 6.45) is 2.90. The maximum absolute atomic E-state index is 5.23. The van der Waals surface area contributed by atoms with Gasteiger partial charge in [0.2, 0.25) is 0 Å². The average molecular weight is 258 g/mol. The van der Waals surface area contributed by atoms with E-state index in [2.05, 4.69) is 41.5 Å². The van der Waals surface area contributed by atoms with Crippen molar-refractivity contribution >= 4 is 10.9 Å². The van der Waals surface area contributed by atoms with Crippen molar-refractivity contribution in [1.29, 1.82) is 0 Å². The van der Waals surface area contributed by atoms with Gasteiger partial charge in [-0.2, -0.15) is 0 Å². The van der Waals surface area contributed by atoms with Gasteiger partial charge in [0.05, 0.1) is 5.52 Å². The fourth-order valence-electron chi connectivity index (χ4n) is 2.56. The Bertz CT molecular complexity index is 522. The van der Waals surface area contributed by atoms with Gasteiger partial charge >= 0.3 is 0 Å². The van der Waals surface area contributed by atoms with Crippen LogP contribution in [0, 0.1) is 5.92 Å². The predicted octanol–water partition coefficient (Wildman–Crippen LogP) is 3.17. The van der Waals surface area contributed by atoms with E-state index in [1.165, 1.54) is 10.9 Å². The smallest absolute Gasteiger partial charge is 0.0749 e. The molecule has 2 aromatic rings. The number of para-hydroxylation sites is 1. The molecule has 1 N–H and O–H groups in total. The molecule has 1 aromatic carbocycles. The van der Waals surface area contributed by atoms with Crippen LogP contribution in [-0.4, -0.2) is 25.7 Å². The van der Waals surface area contributed by atoms with Crippen molar-refractivity contribution < 1.29 is 4.74 Å². The van der Waals surface area contributed by atoms with Crippen LogP contribution >= 0.6 is 0 Å². The van der Waals surface area contributed by atoms with E-state index < -0.39 is 0 Å². The molecule has 0 saturated heterocycles. The standard InChI is InChI=1S/C16H22N2O/c1-12(11-19-3)10-15(17-2)14-8-4-6-13-7-5-9-18-16(13)14/h4-9,12,15,17H,10-11H2,1-3H3. The lowest BCUT2D eigenvalue weighted by molar-refractivity contribution is 0.150. The second-order valence-corrected chi connectivity index (χ2v) is 5.06. The Morgan fingerprint density at radius 3 is 2.79 bits per heavy atom. The number of hydrogen-bond acceptors (Lipinski definition) is 3. The summed E-state index contributed by atoms with van der Waals surface area (Å²) in [5, 5.41) is 4.60. The molecule has 19 heavy (non-hydrogen) atoms. The molecule has 2 rings (SSSR count). The molecule has 0 bridgehead atoms. The van der Waals surface area contributed by atoms with E-state index in [1.54, 1.807) is 7.11 Å². The summed E-state index contributed by atoms with van der Waals surface area (Å²) < 4.78 is 5.23. The highest BCUT2D eigenvalue weighted by atomic mass is 16.5. The molecule has 3 nitrogen and oxygen atoms in total. The highest BCUT2D eigenvalue weighted by molar-refractivity contribution is 5.81. The maximum Gasteiger partial charge on any atom is 0.0749 e. The van der Waals surface area contributed by atoms with Crippen LogP contribution in [0.1, 0.15) is 24.9 Å². The zero-order valence-electron chi connectivity index (χ0n) is 11.9. The minimum Gasteiger partial charge on any atom is -0.384 e. The number of hydrogen-bond donors (Lipinski definition) is 1. The van der Waals surface area contributed by atoms with Gasteiger partial charge in [0, 0.05) is 31.3 Å². The third-order valence-electron chi connectivity index (χ3n) is 3.48. The molecule has 0 spiro atoms. The maximum atomic E-state index is 5.23. The molecule has 0 aliphatic heterocycles. The van der Waals surface area contributed by atoms with E-state index in [0.29, 0.717) is 12.0 Å². The quantitative estimate of drug-likeness (QED) is 0.864. The normalized spacial score (nSPS) is 14.5. The van der Waals surface area contributed by atoms with Crippen LogP contribution < -0.4 is 5.32 Å². The first-order valence-electron chi connectivity index (χ1n) is 6.76. The minimum atomic E-state index is 0.309. The number of methoxy groups -OCH3 is 1. The first-order chi connectivity index (χ1) is 9.26. The Hall–Kier alpha value is -1.45. The molecule has 0 fully saturated rings. The van der Waals surface area contributed by atoms with Gasteiger partial charge in [-0.05, 0) is 31.0 Å². The summed E-state index contributed by atoms with van der Waals surface area (Å²) in [6.45, 7) is 3.00. The van der Waals surface area contributed by atoms with Gasteiger partial charge in [-0.15, -0.1) is 0 Å². The average Bonchev–Trinajstić information content (AvgIpc) is 2.44. The van der Waals surface area contributed by atoms with Crippen LogP contribution in [0.3, 0.4) is 0 Å². The molecule has 1 aromatic heterocycles. The van der Waals surface area contributed by atoms with Crippen LogP contribution in [0.25, 0.3) is 10.9 Å². The Labute approximate surface area is 115 Å². The number of nitrogens with zero attached hydrogens (tertiary/aromatic N) is 1. The van der Waals surface area contributed by atoms with Crippen molar-refractivity contribution in [2.45, 2.75) is 19.4 Å². The van der Waals surface area contributed by atoms with Crippen molar-refractivity contribution in [2.75, 3.05) is 20.8 Å². The van der Waals surface area contributed by atoms with Crippen LogP contribution in [0.5, 0.6) is 0 Å². The first kappa shape index (κ1) is 14.0. The van der Waals surface area contributed by atoms with E-state index in [-0.39, 0.29) is 0 Å². The number of benzene rings is 1. The van der Waals surface area contributed by atoms with Crippen LogP contribution in [0.15, 0.2) is 36.5 Å². The lowest BCUT2D eigenvalue weighted by Gasteiger charge is -2.21. The third-order valence-corrected chi connectivity index (χ3v) is 3.48. The largest absolute Gasteiger partial charge is 0.384 e. The summed E-state index contributed by atoms with van der Waals surface area (Å²) in [7, 11) is 3.76. The molecule has 2 atom stereocenters. The summed E-state index contributed by atoms with van der Waals surface area (Å²) in [4.78, 5) is 4.53. The second kappa shape index (κ2) is 6.64. The van der Waals surface area contributed by atoms with Crippen molar-refractivity contribution in [2.24, 2.45) is 5.92 Å². The number of nitrogens with one attached hydrogen (secondary N) is 1. The topological polar surface area (TPSA) is 34.1 Å². The third kappa shape index (κ3) is 3.31. The van der Waals surface area contributed by atoms with Gasteiger partial charge in [0.15, 0.2) is 0 Å². The van der Waals surface area contributed by atoms with Crippen molar-refractivity contribution in [3.8, 4) is 0 Å². The van der Waals surface area contributed by atoms with Gasteiger partial charge < -0.3 is 10.1 Å². The molecule has 3 heteroatoms. The summed E-state index contributed by atoms with van der Waals surface area (Å²) >= 11 is 0. The highest BCUT2D eigenvalue weighted by Crippen LogP contribution is 2.26. The van der Waals surface area contributed by atoms with Crippen LogP contribution in [-0.2, 0) is 4.74 Å². The van der Waals surface area contributed by atoms with E-state index in [4.69, 9.17) is 4.74 Å². The summed E-state index contributed by atoms with van der Waals surface area (Å²) in [5.74, 6) is 0.515. The Kier molecular flexibility index (Phi) is 4.88. The number of aromatic nitrogens is 1. The zero-order chi connectivity index (χ0) is 13.7. The molecule has 1 heterocycles. The van der Waals surface area contributed by atoms with Gasteiger partial charge in [-0.25, -0.2) is 0 Å². The summed E-state index contributed by atoms with van der Waals surface area (Å²) in [5.41, 5.74) is 2.36. The van der Waals surface area contributed by atoms with E-state index >= 15 is 0 Å². The van der Waals surface area contributed by atoms with E-state index in [1.807, 2.05) is 19.3 Å². The molecule has 0 amide bonds. The molecule has 0 aliphatic carbocycles. The summed E-state index contributed by atoms with van der Waals surface area (Å²) in [6, 6.07) is 10.8. The highest BCUT2D eigenvalue weighted by Gasteiger charge is 2.16. The molecular weight excluding hydrogens is 236 g/mol.